The van der Waals surface area contributed by atoms with Gasteiger partial charge in [0.1, 0.15) is 23.4 Å². The van der Waals surface area contributed by atoms with E-state index in [1.807, 2.05) is 36.4 Å². The highest BCUT2D eigenvalue weighted by atomic mass is 16.5. The lowest BCUT2D eigenvalue weighted by Gasteiger charge is -2.11. The highest BCUT2D eigenvalue weighted by Crippen LogP contribution is 2.26. The van der Waals surface area contributed by atoms with Crippen molar-refractivity contribution < 1.29 is 9.47 Å². The van der Waals surface area contributed by atoms with Crippen molar-refractivity contribution in [1.82, 2.24) is 15.0 Å². The van der Waals surface area contributed by atoms with Crippen LogP contribution in [0.4, 0.5) is 5.82 Å². The zero-order valence-corrected chi connectivity index (χ0v) is 13.5. The lowest BCUT2D eigenvalue weighted by atomic mass is 10.2. The summed E-state index contributed by atoms with van der Waals surface area (Å²) in [6.45, 7) is 0.452. The molecule has 2 heterocycles. The molecule has 124 valence electrons. The SMILES string of the molecule is COc1cccc(Oc2ncccc2CNc2cnc(C#N)cn2)c1. The van der Waals surface area contributed by atoms with Gasteiger partial charge in [-0.3, -0.25) is 0 Å². The van der Waals surface area contributed by atoms with Crippen LogP contribution in [0.5, 0.6) is 17.4 Å². The average Bonchev–Trinajstić information content (AvgIpc) is 2.68. The Bertz CT molecular complexity index is 890. The predicted octanol–water partition coefficient (Wildman–Crippen LogP) is 3.16. The fourth-order valence-corrected chi connectivity index (χ4v) is 2.09. The summed E-state index contributed by atoms with van der Waals surface area (Å²) >= 11 is 0. The summed E-state index contributed by atoms with van der Waals surface area (Å²) in [5.74, 6) is 2.40. The predicted molar refractivity (Wildman–Crippen MR) is 91.4 cm³/mol. The van der Waals surface area contributed by atoms with Crippen LogP contribution in [-0.4, -0.2) is 22.1 Å². The highest BCUT2D eigenvalue weighted by molar-refractivity contribution is 5.40. The topological polar surface area (TPSA) is 93.0 Å². The first-order valence-electron chi connectivity index (χ1n) is 7.50. The van der Waals surface area contributed by atoms with Crippen LogP contribution in [0.15, 0.2) is 55.0 Å². The van der Waals surface area contributed by atoms with Gasteiger partial charge in [0.25, 0.3) is 0 Å². The molecule has 0 aliphatic carbocycles. The number of methoxy groups -OCH3 is 1. The highest BCUT2D eigenvalue weighted by Gasteiger charge is 2.07. The molecule has 0 saturated heterocycles. The van der Waals surface area contributed by atoms with Crippen molar-refractivity contribution in [2.45, 2.75) is 6.54 Å². The van der Waals surface area contributed by atoms with Crippen molar-refractivity contribution in [1.29, 1.82) is 5.26 Å². The molecule has 0 fully saturated rings. The van der Waals surface area contributed by atoms with Crippen molar-refractivity contribution in [3.63, 3.8) is 0 Å². The van der Waals surface area contributed by atoms with E-state index < -0.39 is 0 Å². The van der Waals surface area contributed by atoms with Crippen LogP contribution in [0.1, 0.15) is 11.3 Å². The Morgan fingerprint density at radius 3 is 2.72 bits per heavy atom. The summed E-state index contributed by atoms with van der Waals surface area (Å²) in [7, 11) is 1.61. The van der Waals surface area contributed by atoms with Crippen LogP contribution in [0.25, 0.3) is 0 Å². The van der Waals surface area contributed by atoms with Crippen molar-refractivity contribution in [2.24, 2.45) is 0 Å². The molecule has 0 bridgehead atoms. The maximum atomic E-state index is 8.74. The molecule has 7 nitrogen and oxygen atoms in total. The number of hydrogen-bond acceptors (Lipinski definition) is 7. The Morgan fingerprint density at radius 2 is 1.96 bits per heavy atom. The number of pyridine rings is 1. The summed E-state index contributed by atoms with van der Waals surface area (Å²) in [6, 6.07) is 13.0. The smallest absolute Gasteiger partial charge is 0.224 e. The lowest BCUT2D eigenvalue weighted by molar-refractivity contribution is 0.406. The Balaban J connectivity index is 1.72. The summed E-state index contributed by atoms with van der Waals surface area (Å²) in [6.07, 6.45) is 4.59. The van der Waals surface area contributed by atoms with Crippen LogP contribution in [0, 0.1) is 11.3 Å². The number of aromatic nitrogens is 3. The largest absolute Gasteiger partial charge is 0.497 e. The Morgan fingerprint density at radius 1 is 1.08 bits per heavy atom. The average molecular weight is 333 g/mol. The third kappa shape index (κ3) is 4.20. The molecule has 0 aliphatic rings. The van der Waals surface area contributed by atoms with Crippen LogP contribution >= 0.6 is 0 Å². The van der Waals surface area contributed by atoms with Crippen LogP contribution in [-0.2, 0) is 6.54 Å². The number of benzene rings is 1. The molecular formula is C18H15N5O2. The molecule has 0 atom stereocenters. The molecule has 0 saturated carbocycles. The lowest BCUT2D eigenvalue weighted by Crippen LogP contribution is -2.04. The van der Waals surface area contributed by atoms with E-state index in [1.165, 1.54) is 12.4 Å². The Hall–Kier alpha value is -3.66. The first kappa shape index (κ1) is 16.2. The molecular weight excluding hydrogens is 318 g/mol. The van der Waals surface area contributed by atoms with Gasteiger partial charge in [0.05, 0.1) is 19.5 Å². The minimum atomic E-state index is 0.272. The minimum absolute atomic E-state index is 0.272. The van der Waals surface area contributed by atoms with Gasteiger partial charge in [-0.1, -0.05) is 12.1 Å². The summed E-state index contributed by atoms with van der Waals surface area (Å²) in [5.41, 5.74) is 1.13. The number of nitrogens with zero attached hydrogens (tertiary/aromatic N) is 4. The first-order chi connectivity index (χ1) is 12.3. The molecule has 3 rings (SSSR count). The number of nitrogens with one attached hydrogen (secondary N) is 1. The van der Waals surface area contributed by atoms with Gasteiger partial charge >= 0.3 is 0 Å². The molecule has 1 N–H and O–H groups in total. The van der Waals surface area contributed by atoms with Gasteiger partial charge in [0, 0.05) is 24.4 Å². The van der Waals surface area contributed by atoms with E-state index in [1.54, 1.807) is 19.4 Å². The normalized spacial score (nSPS) is 9.92. The molecule has 3 aromatic rings. The van der Waals surface area contributed by atoms with Gasteiger partial charge in [-0.05, 0) is 18.2 Å². The van der Waals surface area contributed by atoms with Gasteiger partial charge in [0.15, 0.2) is 5.69 Å². The van der Waals surface area contributed by atoms with E-state index >= 15 is 0 Å². The third-order valence-electron chi connectivity index (χ3n) is 3.33. The van der Waals surface area contributed by atoms with Gasteiger partial charge in [0.2, 0.25) is 5.88 Å². The van der Waals surface area contributed by atoms with Gasteiger partial charge in [-0.15, -0.1) is 0 Å². The first-order valence-corrected chi connectivity index (χ1v) is 7.50. The maximum Gasteiger partial charge on any atom is 0.224 e. The fourth-order valence-electron chi connectivity index (χ4n) is 2.09. The zero-order valence-electron chi connectivity index (χ0n) is 13.5. The molecule has 0 aliphatic heterocycles. The summed E-state index contributed by atoms with van der Waals surface area (Å²) in [4.78, 5) is 12.4. The van der Waals surface area contributed by atoms with E-state index in [9.17, 15) is 0 Å². The van der Waals surface area contributed by atoms with Crippen molar-refractivity contribution >= 4 is 5.82 Å². The monoisotopic (exact) mass is 333 g/mol. The molecule has 0 radical (unpaired) electrons. The van der Waals surface area contributed by atoms with Crippen molar-refractivity contribution in [3.05, 3.63) is 66.2 Å². The molecule has 25 heavy (non-hydrogen) atoms. The van der Waals surface area contributed by atoms with E-state index in [2.05, 4.69) is 20.3 Å². The quantitative estimate of drug-likeness (QED) is 0.740. The number of rotatable bonds is 6. The van der Waals surface area contributed by atoms with E-state index in [0.29, 0.717) is 29.7 Å². The third-order valence-corrected chi connectivity index (χ3v) is 3.33. The number of ether oxygens (including phenoxy) is 2. The number of nitriles is 1. The van der Waals surface area contributed by atoms with Crippen LogP contribution in [0.2, 0.25) is 0 Å². The van der Waals surface area contributed by atoms with Crippen LogP contribution < -0.4 is 14.8 Å². The zero-order chi connectivity index (χ0) is 17.5. The van der Waals surface area contributed by atoms with Gasteiger partial charge in [-0.25, -0.2) is 15.0 Å². The minimum Gasteiger partial charge on any atom is -0.497 e. The summed E-state index contributed by atoms with van der Waals surface area (Å²) < 4.78 is 11.1. The molecule has 0 amide bonds. The second kappa shape index (κ2) is 7.75. The number of anilines is 1. The Labute approximate surface area is 144 Å². The second-order valence-electron chi connectivity index (χ2n) is 5.00. The molecule has 0 unspecified atom stereocenters. The molecule has 2 aromatic heterocycles. The maximum absolute atomic E-state index is 8.74. The number of hydrogen-bond donors (Lipinski definition) is 1. The molecule has 0 spiro atoms. The standard InChI is InChI=1S/C18H15N5O2/c1-24-15-5-2-6-16(8-15)25-18-13(4-3-7-20-18)10-22-17-12-21-14(9-19)11-23-17/h2-8,11-12H,10H2,1H3,(H,22,23). The molecule has 7 heteroatoms. The van der Waals surface area contributed by atoms with Gasteiger partial charge < -0.3 is 14.8 Å². The van der Waals surface area contributed by atoms with Crippen LogP contribution in [0.3, 0.4) is 0 Å². The van der Waals surface area contributed by atoms with Gasteiger partial charge in [-0.2, -0.15) is 5.26 Å². The second-order valence-corrected chi connectivity index (χ2v) is 5.00. The van der Waals surface area contributed by atoms with Crippen molar-refractivity contribution in [3.8, 4) is 23.4 Å². The van der Waals surface area contributed by atoms with E-state index in [4.69, 9.17) is 14.7 Å². The molecule has 1 aromatic carbocycles. The summed E-state index contributed by atoms with van der Waals surface area (Å²) in [5, 5.41) is 11.9. The Kier molecular flexibility index (Phi) is 5.02. The van der Waals surface area contributed by atoms with E-state index in [-0.39, 0.29) is 5.69 Å². The fraction of sp³-hybridized carbons (Fsp3) is 0.111. The van der Waals surface area contributed by atoms with Crippen molar-refractivity contribution in [2.75, 3.05) is 12.4 Å². The van der Waals surface area contributed by atoms with E-state index in [0.717, 1.165) is 5.56 Å².